The predicted molar refractivity (Wildman–Crippen MR) is 68.6 cm³/mol. The molecule has 0 bridgehead atoms. The van der Waals surface area contributed by atoms with E-state index in [1.807, 2.05) is 0 Å². The van der Waals surface area contributed by atoms with Gasteiger partial charge < -0.3 is 9.84 Å². The monoisotopic (exact) mass is 273 g/mol. The Kier molecular flexibility index (Phi) is 4.80. The molecule has 3 nitrogen and oxygen atoms in total. The number of aliphatic hydroxyl groups is 1. The highest BCUT2D eigenvalue weighted by Crippen LogP contribution is 2.25. The van der Waals surface area contributed by atoms with Gasteiger partial charge in [0.1, 0.15) is 18.2 Å². The summed E-state index contributed by atoms with van der Waals surface area (Å²) in [6.07, 6.45) is 2.15. The number of rotatable bonds is 5. The van der Waals surface area contributed by atoms with Crippen molar-refractivity contribution in [2.45, 2.75) is 18.9 Å². The molecule has 1 saturated heterocycles. The van der Waals surface area contributed by atoms with Crippen molar-refractivity contribution in [2.24, 2.45) is 0 Å². The molecule has 1 unspecified atom stereocenters. The van der Waals surface area contributed by atoms with Crippen LogP contribution in [0.15, 0.2) is 18.2 Å². The maximum absolute atomic E-state index is 12.8. The predicted octanol–water partition coefficient (Wildman–Crippen LogP) is 2.31. The largest absolute Gasteiger partial charge is 0.491 e. The van der Waals surface area contributed by atoms with E-state index in [-0.39, 0.29) is 23.5 Å². The Hall–Kier alpha value is -0.840. The maximum atomic E-state index is 12.8. The Bertz CT molecular complexity index is 403. The second-order valence-corrected chi connectivity index (χ2v) is 4.85. The SMILES string of the molecule is OCC1CCCN1CCOc1ccc(F)cc1Cl. The van der Waals surface area contributed by atoms with Crippen LogP contribution in [0.25, 0.3) is 0 Å². The number of hydrogen-bond acceptors (Lipinski definition) is 3. The quantitative estimate of drug-likeness (QED) is 0.894. The van der Waals surface area contributed by atoms with Crippen LogP contribution in [-0.4, -0.2) is 42.4 Å². The van der Waals surface area contributed by atoms with E-state index < -0.39 is 0 Å². The molecule has 1 aliphatic rings. The summed E-state index contributed by atoms with van der Waals surface area (Å²) in [5, 5.41) is 9.47. The summed E-state index contributed by atoms with van der Waals surface area (Å²) >= 11 is 5.86. The van der Waals surface area contributed by atoms with Crippen LogP contribution in [0.2, 0.25) is 5.02 Å². The average molecular weight is 274 g/mol. The summed E-state index contributed by atoms with van der Waals surface area (Å²) in [5.41, 5.74) is 0. The standard InChI is InChI=1S/C13H17ClFNO2/c14-12-8-10(15)3-4-13(12)18-7-6-16-5-1-2-11(16)9-17/h3-4,8,11,17H,1-2,5-7,9H2. The van der Waals surface area contributed by atoms with Crippen molar-refractivity contribution in [3.63, 3.8) is 0 Å². The van der Waals surface area contributed by atoms with E-state index in [0.717, 1.165) is 25.9 Å². The van der Waals surface area contributed by atoms with Gasteiger partial charge in [-0.1, -0.05) is 11.6 Å². The van der Waals surface area contributed by atoms with Gasteiger partial charge >= 0.3 is 0 Å². The number of aliphatic hydroxyl groups excluding tert-OH is 1. The first-order chi connectivity index (χ1) is 8.70. The summed E-state index contributed by atoms with van der Waals surface area (Å²) in [7, 11) is 0. The molecule has 0 saturated carbocycles. The molecular formula is C13H17ClFNO2. The van der Waals surface area contributed by atoms with Gasteiger partial charge in [-0.3, -0.25) is 4.90 Å². The van der Waals surface area contributed by atoms with E-state index in [2.05, 4.69) is 4.90 Å². The molecule has 1 atom stereocenters. The van der Waals surface area contributed by atoms with Crippen LogP contribution < -0.4 is 4.74 Å². The van der Waals surface area contributed by atoms with Crippen LogP contribution >= 0.6 is 11.6 Å². The zero-order valence-electron chi connectivity index (χ0n) is 10.1. The fourth-order valence-electron chi connectivity index (χ4n) is 2.26. The minimum absolute atomic E-state index is 0.192. The van der Waals surface area contributed by atoms with Crippen molar-refractivity contribution in [3.05, 3.63) is 29.0 Å². The average Bonchev–Trinajstić information content (AvgIpc) is 2.79. The highest BCUT2D eigenvalue weighted by molar-refractivity contribution is 6.32. The van der Waals surface area contributed by atoms with E-state index in [0.29, 0.717) is 12.4 Å². The van der Waals surface area contributed by atoms with Gasteiger partial charge in [0.05, 0.1) is 11.6 Å². The summed E-state index contributed by atoms with van der Waals surface area (Å²) in [6, 6.07) is 4.35. The van der Waals surface area contributed by atoms with E-state index >= 15 is 0 Å². The van der Waals surface area contributed by atoms with Crippen molar-refractivity contribution < 1.29 is 14.2 Å². The van der Waals surface area contributed by atoms with Crippen molar-refractivity contribution in [3.8, 4) is 5.75 Å². The molecule has 1 N–H and O–H groups in total. The van der Waals surface area contributed by atoms with Gasteiger partial charge in [0.25, 0.3) is 0 Å². The fraction of sp³-hybridized carbons (Fsp3) is 0.538. The van der Waals surface area contributed by atoms with Gasteiger partial charge in [0.2, 0.25) is 0 Å². The highest BCUT2D eigenvalue weighted by Gasteiger charge is 2.23. The molecule has 0 radical (unpaired) electrons. The maximum Gasteiger partial charge on any atom is 0.138 e. The smallest absolute Gasteiger partial charge is 0.138 e. The van der Waals surface area contributed by atoms with E-state index in [9.17, 15) is 9.50 Å². The number of hydrogen-bond donors (Lipinski definition) is 1. The second-order valence-electron chi connectivity index (χ2n) is 4.44. The molecule has 0 spiro atoms. The van der Waals surface area contributed by atoms with Crippen LogP contribution in [0.4, 0.5) is 4.39 Å². The number of nitrogens with zero attached hydrogens (tertiary/aromatic N) is 1. The first-order valence-electron chi connectivity index (χ1n) is 6.13. The van der Waals surface area contributed by atoms with Crippen LogP contribution in [-0.2, 0) is 0 Å². The van der Waals surface area contributed by atoms with E-state index in [1.165, 1.54) is 18.2 Å². The second kappa shape index (κ2) is 6.36. The lowest BCUT2D eigenvalue weighted by Gasteiger charge is -2.22. The van der Waals surface area contributed by atoms with Crippen LogP contribution in [0, 0.1) is 5.82 Å². The molecule has 1 aromatic rings. The third-order valence-electron chi connectivity index (χ3n) is 3.24. The van der Waals surface area contributed by atoms with E-state index in [1.54, 1.807) is 0 Å². The topological polar surface area (TPSA) is 32.7 Å². The number of halogens is 2. The van der Waals surface area contributed by atoms with Gasteiger partial charge in [-0.15, -0.1) is 0 Å². The summed E-state index contributed by atoms with van der Waals surface area (Å²) in [4.78, 5) is 2.21. The van der Waals surface area contributed by atoms with E-state index in [4.69, 9.17) is 16.3 Å². The van der Waals surface area contributed by atoms with Gasteiger partial charge in [-0.25, -0.2) is 4.39 Å². The third-order valence-corrected chi connectivity index (χ3v) is 3.54. The number of ether oxygens (including phenoxy) is 1. The van der Waals surface area contributed by atoms with Gasteiger partial charge in [-0.2, -0.15) is 0 Å². The Labute approximate surface area is 111 Å². The number of benzene rings is 1. The minimum atomic E-state index is -0.368. The van der Waals surface area contributed by atoms with Gasteiger partial charge in [0, 0.05) is 12.6 Å². The lowest BCUT2D eigenvalue weighted by atomic mass is 10.2. The summed E-state index contributed by atoms with van der Waals surface area (Å²) < 4.78 is 18.4. The zero-order chi connectivity index (χ0) is 13.0. The van der Waals surface area contributed by atoms with Crippen molar-refractivity contribution in [2.75, 3.05) is 26.3 Å². The van der Waals surface area contributed by atoms with Crippen LogP contribution in [0.1, 0.15) is 12.8 Å². The molecule has 1 aliphatic heterocycles. The Morgan fingerprint density at radius 1 is 1.50 bits per heavy atom. The molecule has 0 aliphatic carbocycles. The highest BCUT2D eigenvalue weighted by atomic mass is 35.5. The van der Waals surface area contributed by atoms with Gasteiger partial charge in [0.15, 0.2) is 0 Å². The molecule has 1 fully saturated rings. The summed E-state index contributed by atoms with van der Waals surface area (Å²) in [5.74, 6) is 0.130. The molecular weight excluding hydrogens is 257 g/mol. The Morgan fingerprint density at radius 3 is 3.06 bits per heavy atom. The lowest BCUT2D eigenvalue weighted by Crippen LogP contribution is -2.35. The molecule has 0 aromatic heterocycles. The molecule has 100 valence electrons. The first kappa shape index (κ1) is 13.6. The minimum Gasteiger partial charge on any atom is -0.491 e. The normalized spacial score (nSPS) is 20.3. The van der Waals surface area contributed by atoms with Gasteiger partial charge in [-0.05, 0) is 37.6 Å². The fourth-order valence-corrected chi connectivity index (χ4v) is 2.48. The van der Waals surface area contributed by atoms with Crippen molar-refractivity contribution >= 4 is 11.6 Å². The zero-order valence-corrected chi connectivity index (χ0v) is 10.9. The molecule has 5 heteroatoms. The van der Waals surface area contributed by atoms with Crippen LogP contribution in [0.5, 0.6) is 5.75 Å². The summed E-state index contributed by atoms with van der Waals surface area (Å²) in [6.45, 7) is 2.42. The third kappa shape index (κ3) is 3.34. The first-order valence-corrected chi connectivity index (χ1v) is 6.51. The molecule has 2 rings (SSSR count). The lowest BCUT2D eigenvalue weighted by molar-refractivity contribution is 0.139. The van der Waals surface area contributed by atoms with Crippen molar-refractivity contribution in [1.82, 2.24) is 4.90 Å². The van der Waals surface area contributed by atoms with Crippen LogP contribution in [0.3, 0.4) is 0 Å². The molecule has 1 heterocycles. The molecule has 18 heavy (non-hydrogen) atoms. The Morgan fingerprint density at radius 2 is 2.33 bits per heavy atom. The molecule has 1 aromatic carbocycles. The molecule has 0 amide bonds. The van der Waals surface area contributed by atoms with Crippen molar-refractivity contribution in [1.29, 1.82) is 0 Å². The Balaban J connectivity index is 1.81. The number of likely N-dealkylation sites (tertiary alicyclic amines) is 1.